The highest BCUT2D eigenvalue weighted by molar-refractivity contribution is 5.61. The number of azo groups is 1. The third-order valence-electron chi connectivity index (χ3n) is 1.10. The van der Waals surface area contributed by atoms with E-state index >= 15 is 0 Å². The first-order valence-corrected chi connectivity index (χ1v) is 3.96. The van der Waals surface area contributed by atoms with Crippen LogP contribution in [-0.4, -0.2) is 25.8 Å². The molecule has 0 amide bonds. The van der Waals surface area contributed by atoms with Crippen LogP contribution >= 0.6 is 0 Å². The summed E-state index contributed by atoms with van der Waals surface area (Å²) in [5.74, 6) is 0. The Morgan fingerprint density at radius 1 is 0.929 bits per heavy atom. The molecule has 0 aliphatic carbocycles. The molecule has 6 heteroatoms. The third-order valence-corrected chi connectivity index (χ3v) is 1.10. The van der Waals surface area contributed by atoms with Gasteiger partial charge in [0.2, 0.25) is 0 Å². The van der Waals surface area contributed by atoms with Crippen LogP contribution in [0.3, 0.4) is 0 Å². The highest BCUT2D eigenvalue weighted by Crippen LogP contribution is 1.84. The molecule has 0 atom stereocenters. The van der Waals surface area contributed by atoms with E-state index in [0.717, 1.165) is 0 Å². The summed E-state index contributed by atoms with van der Waals surface area (Å²) < 4.78 is 10.0. The Labute approximate surface area is 81.3 Å². The van der Waals surface area contributed by atoms with Gasteiger partial charge in [0.15, 0.2) is 6.34 Å². The summed E-state index contributed by atoms with van der Waals surface area (Å²) in [7, 11) is 0. The van der Waals surface area contributed by atoms with Crippen molar-refractivity contribution in [1.29, 1.82) is 0 Å². The fourth-order valence-corrected chi connectivity index (χ4v) is 0.589. The molecule has 0 fully saturated rings. The molecule has 0 N–H and O–H groups in total. The molecular formula is C8H10N4O2. The van der Waals surface area contributed by atoms with Crippen molar-refractivity contribution in [2.24, 2.45) is 20.4 Å². The van der Waals surface area contributed by atoms with Gasteiger partial charge in [0.05, 0.1) is 18.7 Å². The van der Waals surface area contributed by atoms with Crippen LogP contribution in [0.1, 0.15) is 0 Å². The molecule has 0 aromatic heterocycles. The molecule has 0 aromatic rings. The first-order valence-electron chi connectivity index (χ1n) is 3.96. The Morgan fingerprint density at radius 3 is 2.86 bits per heavy atom. The van der Waals surface area contributed by atoms with E-state index in [1.807, 2.05) is 0 Å². The van der Waals surface area contributed by atoms with E-state index in [4.69, 9.17) is 9.47 Å². The molecule has 1 heterocycles. The zero-order chi connectivity index (χ0) is 9.90. The molecule has 1 rings (SSSR count). The normalized spacial score (nSPS) is 26.3. The highest BCUT2D eigenvalue weighted by Gasteiger charge is 1.77. The van der Waals surface area contributed by atoms with E-state index in [0.29, 0.717) is 13.2 Å². The van der Waals surface area contributed by atoms with E-state index in [9.17, 15) is 0 Å². The maximum absolute atomic E-state index is 5.02. The largest absolute Gasteiger partial charge is 0.496 e. The van der Waals surface area contributed by atoms with E-state index < -0.39 is 0 Å². The van der Waals surface area contributed by atoms with Gasteiger partial charge in [-0.15, -0.1) is 10.2 Å². The second kappa shape index (κ2) is 7.66. The molecule has 74 valence electrons. The zero-order valence-electron chi connectivity index (χ0n) is 7.48. The van der Waals surface area contributed by atoms with Gasteiger partial charge in [-0.3, -0.25) is 0 Å². The van der Waals surface area contributed by atoms with Gasteiger partial charge >= 0.3 is 0 Å². The number of rotatable bonds is 0. The number of ether oxygens (including phenoxy) is 2. The van der Waals surface area contributed by atoms with E-state index in [1.165, 1.54) is 31.3 Å². The molecule has 0 aromatic carbocycles. The predicted octanol–water partition coefficient (Wildman–Crippen LogP) is 1.48. The van der Waals surface area contributed by atoms with Gasteiger partial charge in [-0.05, 0) is 6.08 Å². The minimum absolute atomic E-state index is 0.362. The highest BCUT2D eigenvalue weighted by atomic mass is 16.5. The number of nitrogens with zero attached hydrogens (tertiary/aromatic N) is 4. The van der Waals surface area contributed by atoms with Crippen molar-refractivity contribution in [2.75, 3.05) is 13.2 Å². The second-order valence-electron chi connectivity index (χ2n) is 2.08. The maximum Gasteiger partial charge on any atom is 0.160 e. The minimum Gasteiger partial charge on any atom is -0.496 e. The van der Waals surface area contributed by atoms with E-state index in [1.54, 1.807) is 6.08 Å². The van der Waals surface area contributed by atoms with Gasteiger partial charge in [-0.1, -0.05) is 0 Å². The van der Waals surface area contributed by atoms with Crippen molar-refractivity contribution < 1.29 is 9.47 Å². The van der Waals surface area contributed by atoms with Gasteiger partial charge in [0.1, 0.15) is 19.5 Å². The summed E-state index contributed by atoms with van der Waals surface area (Å²) >= 11 is 0. The Kier molecular flexibility index (Phi) is 5.53. The molecule has 0 saturated heterocycles. The monoisotopic (exact) mass is 194 g/mol. The Bertz CT molecular complexity index is 253. The van der Waals surface area contributed by atoms with Gasteiger partial charge in [-0.25, -0.2) is 0 Å². The Morgan fingerprint density at radius 2 is 1.86 bits per heavy atom. The van der Waals surface area contributed by atoms with Crippen LogP contribution in [0.25, 0.3) is 0 Å². The van der Waals surface area contributed by atoms with Crippen molar-refractivity contribution in [3.63, 3.8) is 0 Å². The average molecular weight is 194 g/mol. The SMILES string of the molecule is C1=COC/C=N/N=C\N=N/C=C\OC1. The molecule has 0 unspecified atom stereocenters. The number of hydrogen-bond acceptors (Lipinski definition) is 6. The smallest absolute Gasteiger partial charge is 0.160 e. The fraction of sp³-hybridized carbons (Fsp3) is 0.250. The van der Waals surface area contributed by atoms with Crippen molar-refractivity contribution in [3.05, 3.63) is 24.8 Å². The lowest BCUT2D eigenvalue weighted by molar-refractivity contribution is 0.271. The molecule has 14 heavy (non-hydrogen) atoms. The minimum atomic E-state index is 0.362. The predicted molar refractivity (Wildman–Crippen MR) is 52.0 cm³/mol. The molecular weight excluding hydrogens is 184 g/mol. The maximum atomic E-state index is 5.02. The van der Waals surface area contributed by atoms with Gasteiger partial charge in [0.25, 0.3) is 0 Å². The summed E-state index contributed by atoms with van der Waals surface area (Å²) in [6.07, 6.45) is 8.84. The summed E-state index contributed by atoms with van der Waals surface area (Å²) in [4.78, 5) is 0. The van der Waals surface area contributed by atoms with E-state index in [2.05, 4.69) is 20.4 Å². The van der Waals surface area contributed by atoms with Crippen LogP contribution in [-0.2, 0) is 9.47 Å². The molecule has 6 nitrogen and oxygen atoms in total. The molecule has 0 saturated carbocycles. The van der Waals surface area contributed by atoms with Crippen molar-refractivity contribution in [2.45, 2.75) is 0 Å². The van der Waals surface area contributed by atoms with Gasteiger partial charge < -0.3 is 9.47 Å². The molecule has 0 spiro atoms. The summed E-state index contributed by atoms with van der Waals surface area (Å²) in [6, 6.07) is 0. The van der Waals surface area contributed by atoms with Crippen LogP contribution < -0.4 is 0 Å². The Balaban J connectivity index is 2.46. The van der Waals surface area contributed by atoms with Crippen molar-refractivity contribution in [3.8, 4) is 0 Å². The van der Waals surface area contributed by atoms with Crippen LogP contribution in [0.5, 0.6) is 0 Å². The summed E-state index contributed by atoms with van der Waals surface area (Å²) in [5, 5.41) is 14.4. The lowest BCUT2D eigenvalue weighted by Crippen LogP contribution is -1.88. The van der Waals surface area contributed by atoms with Crippen LogP contribution in [0.15, 0.2) is 45.2 Å². The second-order valence-corrected chi connectivity index (χ2v) is 2.08. The molecule has 0 radical (unpaired) electrons. The number of hydrogen-bond donors (Lipinski definition) is 0. The lowest BCUT2D eigenvalue weighted by Gasteiger charge is -1.94. The van der Waals surface area contributed by atoms with E-state index in [-0.39, 0.29) is 0 Å². The summed E-state index contributed by atoms with van der Waals surface area (Å²) in [6.45, 7) is 0.790. The molecule has 1 aliphatic rings. The standard InChI is InChI=1S/C8H10N4O2/c1-4-13-6-2-9-11-8-12-10-3-7-14-5-1/h1-4,7-8H,5-6H2/b4-1?,7-3-,9-2+,11-8-,12-10-. The Hall–Kier alpha value is -1.98. The average Bonchev–Trinajstić information content (AvgIpc) is 2.22. The molecule has 1 aliphatic heterocycles. The van der Waals surface area contributed by atoms with Gasteiger partial charge in [-0.2, -0.15) is 10.2 Å². The fourth-order valence-electron chi connectivity index (χ4n) is 0.589. The molecule has 0 bridgehead atoms. The lowest BCUT2D eigenvalue weighted by atomic mass is 10.7. The quantitative estimate of drug-likeness (QED) is 0.586. The van der Waals surface area contributed by atoms with Crippen molar-refractivity contribution in [1.82, 2.24) is 0 Å². The third kappa shape index (κ3) is 5.64. The van der Waals surface area contributed by atoms with Crippen LogP contribution in [0.4, 0.5) is 0 Å². The van der Waals surface area contributed by atoms with Crippen molar-refractivity contribution >= 4 is 12.6 Å². The van der Waals surface area contributed by atoms with Crippen LogP contribution in [0, 0.1) is 0 Å². The van der Waals surface area contributed by atoms with Gasteiger partial charge in [0, 0.05) is 0 Å². The topological polar surface area (TPSA) is 67.9 Å². The first-order chi connectivity index (χ1) is 7.00. The van der Waals surface area contributed by atoms with Crippen LogP contribution in [0.2, 0.25) is 0 Å². The first kappa shape index (κ1) is 10.1. The zero-order valence-corrected chi connectivity index (χ0v) is 7.48. The summed E-state index contributed by atoms with van der Waals surface area (Å²) in [5.41, 5.74) is 0.